The molecule has 0 saturated carbocycles. The number of carbonyl (C=O) groups excluding carboxylic acids is 1. The van der Waals surface area contributed by atoms with Crippen LogP contribution in [0.4, 0.5) is 0 Å². The zero-order valence-corrected chi connectivity index (χ0v) is 21.0. The molecule has 0 bridgehead atoms. The van der Waals surface area contributed by atoms with E-state index < -0.39 is 0 Å². The molecule has 2 N–H and O–H groups in total. The van der Waals surface area contributed by atoms with Crippen LogP contribution in [0.5, 0.6) is 11.5 Å². The Kier molecular flexibility index (Phi) is 7.46. The molecule has 182 valence electrons. The first-order chi connectivity index (χ1) is 16.9. The Morgan fingerprint density at radius 1 is 1.26 bits per heavy atom. The van der Waals surface area contributed by atoms with Crippen molar-refractivity contribution in [1.82, 2.24) is 20.1 Å². The molecule has 0 aliphatic heterocycles. The molecule has 0 aliphatic rings. The van der Waals surface area contributed by atoms with Crippen molar-refractivity contribution in [2.45, 2.75) is 19.8 Å². The lowest BCUT2D eigenvalue weighted by molar-refractivity contribution is -0.116. The third-order valence-corrected chi connectivity index (χ3v) is 6.41. The van der Waals surface area contributed by atoms with Crippen LogP contribution < -0.4 is 14.8 Å². The molecule has 0 radical (unpaired) electrons. The highest BCUT2D eigenvalue weighted by molar-refractivity contribution is 6.31. The number of halogens is 1. The SMILES string of the molecule is CCOc1ccc(C(CNC(=O)/C=C/c2c(C)nn(C)c2Cl)c2c[nH]c3ccccc23)cc1OC. The molecule has 1 amide bonds. The van der Waals surface area contributed by atoms with E-state index in [0.29, 0.717) is 29.8 Å². The van der Waals surface area contributed by atoms with Gasteiger partial charge in [0.15, 0.2) is 11.5 Å². The van der Waals surface area contributed by atoms with Gasteiger partial charge in [-0.3, -0.25) is 9.48 Å². The van der Waals surface area contributed by atoms with Crippen LogP contribution in [0.3, 0.4) is 0 Å². The number of methoxy groups -OCH3 is 1. The van der Waals surface area contributed by atoms with Crippen molar-refractivity contribution >= 4 is 34.5 Å². The molecule has 7 nitrogen and oxygen atoms in total. The van der Waals surface area contributed by atoms with E-state index in [1.807, 2.05) is 56.4 Å². The summed E-state index contributed by atoms with van der Waals surface area (Å²) in [6.45, 7) is 4.73. The minimum Gasteiger partial charge on any atom is -0.493 e. The Labute approximate surface area is 209 Å². The molecule has 2 aromatic carbocycles. The zero-order valence-electron chi connectivity index (χ0n) is 20.3. The van der Waals surface area contributed by atoms with Crippen LogP contribution in [-0.4, -0.2) is 40.9 Å². The number of fused-ring (bicyclic) bond motifs is 1. The summed E-state index contributed by atoms with van der Waals surface area (Å²) in [5.74, 6) is 1.01. The number of para-hydroxylation sites is 1. The fourth-order valence-electron chi connectivity index (χ4n) is 4.22. The Morgan fingerprint density at radius 2 is 2.06 bits per heavy atom. The maximum atomic E-state index is 12.8. The molecule has 35 heavy (non-hydrogen) atoms. The molecule has 2 aromatic heterocycles. The van der Waals surface area contributed by atoms with Crippen molar-refractivity contribution in [2.75, 3.05) is 20.3 Å². The van der Waals surface area contributed by atoms with Crippen molar-refractivity contribution in [1.29, 1.82) is 0 Å². The van der Waals surface area contributed by atoms with E-state index in [1.165, 1.54) is 6.08 Å². The number of H-pyrrole nitrogens is 1. The van der Waals surface area contributed by atoms with Gasteiger partial charge in [0.1, 0.15) is 5.15 Å². The molecule has 0 spiro atoms. The molecule has 0 aliphatic carbocycles. The summed E-state index contributed by atoms with van der Waals surface area (Å²) in [4.78, 5) is 16.1. The van der Waals surface area contributed by atoms with E-state index in [-0.39, 0.29) is 11.8 Å². The van der Waals surface area contributed by atoms with Crippen LogP contribution in [-0.2, 0) is 11.8 Å². The van der Waals surface area contributed by atoms with Gasteiger partial charge in [-0.15, -0.1) is 0 Å². The van der Waals surface area contributed by atoms with Crippen molar-refractivity contribution in [3.8, 4) is 11.5 Å². The number of amides is 1. The van der Waals surface area contributed by atoms with Crippen LogP contribution >= 0.6 is 11.6 Å². The smallest absolute Gasteiger partial charge is 0.244 e. The molecule has 0 fully saturated rings. The number of aromatic amines is 1. The molecule has 2 heterocycles. The summed E-state index contributed by atoms with van der Waals surface area (Å²) in [5.41, 5.74) is 4.62. The highest BCUT2D eigenvalue weighted by Gasteiger charge is 2.21. The Bertz CT molecular complexity index is 1370. The summed E-state index contributed by atoms with van der Waals surface area (Å²) in [7, 11) is 3.39. The maximum absolute atomic E-state index is 12.8. The Hall–Kier alpha value is -3.71. The lowest BCUT2D eigenvalue weighted by Crippen LogP contribution is -2.27. The van der Waals surface area contributed by atoms with Gasteiger partial charge in [0.25, 0.3) is 0 Å². The molecule has 1 atom stereocenters. The third kappa shape index (κ3) is 5.20. The quantitative estimate of drug-likeness (QED) is 0.313. The number of rotatable bonds is 9. The molecular weight excluding hydrogens is 464 g/mol. The van der Waals surface area contributed by atoms with Crippen LogP contribution in [0.1, 0.15) is 35.2 Å². The predicted molar refractivity (Wildman–Crippen MR) is 139 cm³/mol. The maximum Gasteiger partial charge on any atom is 0.244 e. The fourth-order valence-corrected chi connectivity index (χ4v) is 4.46. The standard InChI is InChI=1S/C27H29ClN4O3/c1-5-35-24-12-10-18(14-25(24)34-4)21(22-16-29-23-9-7-6-8-20(22)23)15-30-26(33)13-11-19-17(2)31-32(3)27(19)28/h6-14,16,21,29H,5,15H2,1-4H3,(H,30,33)/b13-11+. The van der Waals surface area contributed by atoms with E-state index in [0.717, 1.165) is 33.3 Å². The van der Waals surface area contributed by atoms with Crippen molar-refractivity contribution in [3.63, 3.8) is 0 Å². The summed E-state index contributed by atoms with van der Waals surface area (Å²) in [6.07, 6.45) is 5.18. The van der Waals surface area contributed by atoms with E-state index in [1.54, 1.807) is 24.9 Å². The molecule has 1 unspecified atom stereocenters. The van der Waals surface area contributed by atoms with Crippen LogP contribution in [0.25, 0.3) is 17.0 Å². The minimum absolute atomic E-state index is 0.114. The van der Waals surface area contributed by atoms with E-state index in [4.69, 9.17) is 21.1 Å². The average molecular weight is 493 g/mol. The highest BCUT2D eigenvalue weighted by atomic mass is 35.5. The predicted octanol–water partition coefficient (Wildman–Crippen LogP) is 5.23. The van der Waals surface area contributed by atoms with Crippen LogP contribution in [0.2, 0.25) is 5.15 Å². The molecule has 4 aromatic rings. The van der Waals surface area contributed by atoms with E-state index >= 15 is 0 Å². The second-order valence-corrected chi connectivity index (χ2v) is 8.54. The second kappa shape index (κ2) is 10.7. The summed E-state index contributed by atoms with van der Waals surface area (Å²) in [5, 5.41) is 8.92. The number of nitrogens with one attached hydrogen (secondary N) is 2. The average Bonchev–Trinajstić information content (AvgIpc) is 3.39. The highest BCUT2D eigenvalue weighted by Crippen LogP contribution is 2.36. The summed E-state index contributed by atoms with van der Waals surface area (Å²) < 4.78 is 12.9. The van der Waals surface area contributed by atoms with E-state index in [2.05, 4.69) is 21.5 Å². The Morgan fingerprint density at radius 3 is 2.77 bits per heavy atom. The van der Waals surface area contributed by atoms with Crippen molar-refractivity contribution in [2.24, 2.45) is 7.05 Å². The van der Waals surface area contributed by atoms with Gasteiger partial charge in [0.05, 0.1) is 19.4 Å². The van der Waals surface area contributed by atoms with Gasteiger partial charge in [-0.05, 0) is 49.2 Å². The van der Waals surface area contributed by atoms with E-state index in [9.17, 15) is 4.79 Å². The first kappa shape index (κ1) is 24.4. The van der Waals surface area contributed by atoms with Crippen molar-refractivity contribution in [3.05, 3.63) is 82.3 Å². The monoisotopic (exact) mass is 492 g/mol. The van der Waals surface area contributed by atoms with Crippen LogP contribution in [0, 0.1) is 6.92 Å². The number of hydrogen-bond acceptors (Lipinski definition) is 4. The number of aromatic nitrogens is 3. The topological polar surface area (TPSA) is 81.2 Å². The van der Waals surface area contributed by atoms with Crippen molar-refractivity contribution < 1.29 is 14.3 Å². The van der Waals surface area contributed by atoms with Gasteiger partial charge >= 0.3 is 0 Å². The normalized spacial score (nSPS) is 12.3. The van der Waals surface area contributed by atoms with Crippen LogP contribution in [0.15, 0.2) is 54.7 Å². The molecule has 0 saturated heterocycles. The number of benzene rings is 2. The Balaban J connectivity index is 1.62. The largest absolute Gasteiger partial charge is 0.493 e. The first-order valence-corrected chi connectivity index (χ1v) is 11.8. The lowest BCUT2D eigenvalue weighted by atomic mass is 9.90. The number of ether oxygens (including phenoxy) is 2. The second-order valence-electron chi connectivity index (χ2n) is 8.18. The number of carbonyl (C=O) groups is 1. The first-order valence-electron chi connectivity index (χ1n) is 11.4. The number of nitrogens with zero attached hydrogens (tertiary/aromatic N) is 2. The molecule has 8 heteroatoms. The summed E-state index contributed by atoms with van der Waals surface area (Å²) >= 11 is 6.28. The number of hydrogen-bond donors (Lipinski definition) is 2. The number of aryl methyl sites for hydroxylation is 2. The van der Waals surface area contributed by atoms with Gasteiger partial charge in [-0.2, -0.15) is 5.10 Å². The third-order valence-electron chi connectivity index (χ3n) is 5.96. The lowest BCUT2D eigenvalue weighted by Gasteiger charge is -2.20. The molecular formula is C27H29ClN4O3. The zero-order chi connectivity index (χ0) is 24.9. The van der Waals surface area contributed by atoms with Gasteiger partial charge in [0, 0.05) is 48.2 Å². The van der Waals surface area contributed by atoms with Gasteiger partial charge < -0.3 is 19.8 Å². The fraction of sp³-hybridized carbons (Fsp3) is 0.259. The summed E-state index contributed by atoms with van der Waals surface area (Å²) in [6, 6.07) is 14.0. The molecule has 4 rings (SSSR count). The van der Waals surface area contributed by atoms with Gasteiger partial charge in [0.2, 0.25) is 5.91 Å². The minimum atomic E-state index is -0.216. The van der Waals surface area contributed by atoms with Gasteiger partial charge in [-0.25, -0.2) is 0 Å². The van der Waals surface area contributed by atoms with Gasteiger partial charge in [-0.1, -0.05) is 35.9 Å².